The first-order chi connectivity index (χ1) is 8.77. The average Bonchev–Trinajstić information content (AvgIpc) is 2.78. The van der Waals surface area contributed by atoms with Gasteiger partial charge in [0.2, 0.25) is 10.0 Å². The van der Waals surface area contributed by atoms with Gasteiger partial charge in [-0.1, -0.05) is 13.8 Å². The maximum Gasteiger partial charge on any atom is 0.310 e. The summed E-state index contributed by atoms with van der Waals surface area (Å²) in [4.78, 5) is 11.3. The molecule has 2 N–H and O–H groups in total. The number of sulfonamides is 1. The van der Waals surface area contributed by atoms with Gasteiger partial charge in [-0.3, -0.25) is 9.48 Å². The van der Waals surface area contributed by atoms with E-state index < -0.39 is 21.4 Å². The predicted molar refractivity (Wildman–Crippen MR) is 69.0 cm³/mol. The Kier molecular flexibility index (Phi) is 4.70. The Bertz CT molecular complexity index is 546. The first-order valence-electron chi connectivity index (χ1n) is 5.99. The van der Waals surface area contributed by atoms with Crippen LogP contribution in [0.1, 0.15) is 26.7 Å². The highest BCUT2D eigenvalue weighted by atomic mass is 32.2. The van der Waals surface area contributed by atoms with Gasteiger partial charge < -0.3 is 5.11 Å². The third-order valence-electron chi connectivity index (χ3n) is 3.40. The highest BCUT2D eigenvalue weighted by Crippen LogP contribution is 2.26. The molecular formula is C11H19N3O4S. The molecule has 0 saturated heterocycles. The lowest BCUT2D eigenvalue weighted by Gasteiger charge is -2.26. The number of nitrogens with zero attached hydrogens (tertiary/aromatic N) is 2. The second-order valence-electron chi connectivity index (χ2n) is 4.47. The van der Waals surface area contributed by atoms with Crippen molar-refractivity contribution in [3.05, 3.63) is 12.4 Å². The molecule has 1 aromatic rings. The van der Waals surface area contributed by atoms with Crippen molar-refractivity contribution in [2.45, 2.75) is 31.6 Å². The molecule has 0 aliphatic carbocycles. The minimum absolute atomic E-state index is 0.0292. The van der Waals surface area contributed by atoms with Crippen LogP contribution >= 0.6 is 0 Å². The molecule has 0 unspecified atom stereocenters. The van der Waals surface area contributed by atoms with Crippen LogP contribution in [-0.4, -0.2) is 35.8 Å². The number of carboxylic acid groups (broad SMARTS) is 1. The highest BCUT2D eigenvalue weighted by molar-refractivity contribution is 7.89. The fourth-order valence-corrected chi connectivity index (χ4v) is 2.84. The highest BCUT2D eigenvalue weighted by Gasteiger charge is 2.36. The lowest BCUT2D eigenvalue weighted by atomic mass is 9.83. The normalized spacial score (nSPS) is 12.6. The summed E-state index contributed by atoms with van der Waals surface area (Å²) in [6.07, 6.45) is 3.30. The van der Waals surface area contributed by atoms with Crippen molar-refractivity contribution in [3.8, 4) is 0 Å². The van der Waals surface area contributed by atoms with Crippen molar-refractivity contribution in [3.63, 3.8) is 0 Å². The lowest BCUT2D eigenvalue weighted by molar-refractivity contribution is -0.149. The monoisotopic (exact) mass is 289 g/mol. The molecule has 0 amide bonds. The SMILES string of the molecule is CCC(CC)(CNS(=O)(=O)c1cnn(C)c1)C(=O)O. The topological polar surface area (TPSA) is 101 Å². The predicted octanol–water partition coefficient (Wildman–Crippen LogP) is 0.589. The van der Waals surface area contributed by atoms with Crippen LogP contribution in [0.4, 0.5) is 0 Å². The molecule has 108 valence electrons. The van der Waals surface area contributed by atoms with E-state index in [4.69, 9.17) is 0 Å². The second kappa shape index (κ2) is 5.70. The lowest BCUT2D eigenvalue weighted by Crippen LogP contribution is -2.42. The van der Waals surface area contributed by atoms with Gasteiger partial charge in [0.15, 0.2) is 0 Å². The van der Waals surface area contributed by atoms with Crippen molar-refractivity contribution < 1.29 is 18.3 Å². The Labute approximate surface area is 112 Å². The summed E-state index contributed by atoms with van der Waals surface area (Å²) in [7, 11) is -2.11. The van der Waals surface area contributed by atoms with E-state index in [-0.39, 0.29) is 11.4 Å². The number of carbonyl (C=O) groups is 1. The molecule has 1 aromatic heterocycles. The van der Waals surface area contributed by atoms with Crippen LogP contribution in [0.2, 0.25) is 0 Å². The van der Waals surface area contributed by atoms with E-state index in [1.54, 1.807) is 20.9 Å². The van der Waals surface area contributed by atoms with E-state index in [0.29, 0.717) is 12.8 Å². The number of aromatic nitrogens is 2. The van der Waals surface area contributed by atoms with Gasteiger partial charge in [-0.2, -0.15) is 5.10 Å². The summed E-state index contributed by atoms with van der Waals surface area (Å²) < 4.78 is 27.7. The number of aryl methyl sites for hydroxylation is 1. The fraction of sp³-hybridized carbons (Fsp3) is 0.636. The van der Waals surface area contributed by atoms with Crippen LogP contribution in [-0.2, 0) is 21.9 Å². The fourth-order valence-electron chi connectivity index (χ4n) is 1.73. The van der Waals surface area contributed by atoms with Gasteiger partial charge in [-0.05, 0) is 12.8 Å². The smallest absolute Gasteiger partial charge is 0.310 e. The van der Waals surface area contributed by atoms with Crippen LogP contribution in [0, 0.1) is 5.41 Å². The third kappa shape index (κ3) is 3.32. The van der Waals surface area contributed by atoms with Gasteiger partial charge >= 0.3 is 5.97 Å². The molecule has 19 heavy (non-hydrogen) atoms. The molecule has 0 atom stereocenters. The van der Waals surface area contributed by atoms with Crippen LogP contribution < -0.4 is 4.72 Å². The zero-order chi connectivity index (χ0) is 14.7. The van der Waals surface area contributed by atoms with E-state index in [0.717, 1.165) is 0 Å². The Morgan fingerprint density at radius 1 is 1.47 bits per heavy atom. The molecule has 1 heterocycles. The molecule has 0 fully saturated rings. The van der Waals surface area contributed by atoms with E-state index in [1.165, 1.54) is 17.1 Å². The van der Waals surface area contributed by atoms with Gasteiger partial charge in [0, 0.05) is 19.8 Å². The Morgan fingerprint density at radius 3 is 2.42 bits per heavy atom. The maximum absolute atomic E-state index is 12.0. The maximum atomic E-state index is 12.0. The van der Waals surface area contributed by atoms with Crippen LogP contribution in [0.3, 0.4) is 0 Å². The average molecular weight is 289 g/mol. The van der Waals surface area contributed by atoms with Crippen LogP contribution in [0.15, 0.2) is 17.3 Å². The van der Waals surface area contributed by atoms with Crippen molar-refractivity contribution in [2.24, 2.45) is 12.5 Å². The first-order valence-corrected chi connectivity index (χ1v) is 7.47. The number of carboxylic acids is 1. The molecule has 1 rings (SSSR count). The molecule has 0 aliphatic rings. The minimum atomic E-state index is -3.72. The van der Waals surface area contributed by atoms with Crippen LogP contribution in [0.25, 0.3) is 0 Å². The Balaban J connectivity index is 2.88. The summed E-state index contributed by atoms with van der Waals surface area (Å²) in [5.41, 5.74) is -1.07. The number of aliphatic carboxylic acids is 1. The van der Waals surface area contributed by atoms with E-state index >= 15 is 0 Å². The van der Waals surface area contributed by atoms with Gasteiger partial charge in [0.25, 0.3) is 0 Å². The number of hydrogen-bond donors (Lipinski definition) is 2. The quantitative estimate of drug-likeness (QED) is 0.765. The minimum Gasteiger partial charge on any atom is -0.481 e. The molecule has 0 aliphatic heterocycles. The van der Waals surface area contributed by atoms with Gasteiger partial charge in [-0.15, -0.1) is 0 Å². The molecule has 8 heteroatoms. The summed E-state index contributed by atoms with van der Waals surface area (Å²) in [6, 6.07) is 0. The number of hydrogen-bond acceptors (Lipinski definition) is 4. The van der Waals surface area contributed by atoms with Gasteiger partial charge in [-0.25, -0.2) is 13.1 Å². The molecule has 0 spiro atoms. The standard InChI is InChI=1S/C11H19N3O4S/c1-4-11(5-2,10(15)16)8-13-19(17,18)9-6-12-14(3)7-9/h6-7,13H,4-5,8H2,1-3H3,(H,15,16). The number of rotatable bonds is 7. The van der Waals surface area contributed by atoms with E-state index in [9.17, 15) is 18.3 Å². The van der Waals surface area contributed by atoms with Crippen molar-refractivity contribution in [2.75, 3.05) is 6.54 Å². The molecule has 7 nitrogen and oxygen atoms in total. The van der Waals surface area contributed by atoms with Gasteiger partial charge in [0.1, 0.15) is 4.90 Å². The molecule has 0 radical (unpaired) electrons. The van der Waals surface area contributed by atoms with E-state index in [1.807, 2.05) is 0 Å². The zero-order valence-electron chi connectivity index (χ0n) is 11.3. The number of nitrogens with one attached hydrogen (secondary N) is 1. The summed E-state index contributed by atoms with van der Waals surface area (Å²) in [5.74, 6) is -0.994. The van der Waals surface area contributed by atoms with Crippen molar-refractivity contribution in [1.82, 2.24) is 14.5 Å². The Hall–Kier alpha value is -1.41. The molecule has 0 bridgehead atoms. The van der Waals surface area contributed by atoms with Crippen molar-refractivity contribution in [1.29, 1.82) is 0 Å². The zero-order valence-corrected chi connectivity index (χ0v) is 12.1. The third-order valence-corrected chi connectivity index (χ3v) is 4.76. The second-order valence-corrected chi connectivity index (χ2v) is 6.23. The van der Waals surface area contributed by atoms with Crippen LogP contribution in [0.5, 0.6) is 0 Å². The Morgan fingerprint density at radius 2 is 2.05 bits per heavy atom. The molecule has 0 aromatic carbocycles. The largest absolute Gasteiger partial charge is 0.481 e. The van der Waals surface area contributed by atoms with Crippen molar-refractivity contribution >= 4 is 16.0 Å². The summed E-state index contributed by atoms with van der Waals surface area (Å²) >= 11 is 0. The summed E-state index contributed by atoms with van der Waals surface area (Å²) in [6.45, 7) is 3.33. The molecule has 0 saturated carbocycles. The first kappa shape index (κ1) is 15.6. The molecular weight excluding hydrogens is 270 g/mol. The van der Waals surface area contributed by atoms with E-state index in [2.05, 4.69) is 9.82 Å². The summed E-state index contributed by atoms with van der Waals surface area (Å²) in [5, 5.41) is 13.0. The van der Waals surface area contributed by atoms with Gasteiger partial charge in [0.05, 0.1) is 11.6 Å².